The number of carbonyl (C=O) groups is 2. The third kappa shape index (κ3) is 5.21. The van der Waals surface area contributed by atoms with Crippen LogP contribution in [0.2, 0.25) is 0 Å². The first-order valence-electron chi connectivity index (χ1n) is 9.77. The fourth-order valence-electron chi connectivity index (χ4n) is 2.84. The van der Waals surface area contributed by atoms with Crippen molar-refractivity contribution in [2.75, 3.05) is 13.2 Å². The van der Waals surface area contributed by atoms with Crippen molar-refractivity contribution in [3.05, 3.63) is 64.3 Å². The summed E-state index contributed by atoms with van der Waals surface area (Å²) in [7, 11) is 0. The minimum Gasteiger partial charge on any atom is -0.490 e. The van der Waals surface area contributed by atoms with Crippen LogP contribution in [0, 0.1) is 11.7 Å². The summed E-state index contributed by atoms with van der Waals surface area (Å²) in [5, 5.41) is -0.420. The van der Waals surface area contributed by atoms with Gasteiger partial charge in [0.25, 0.3) is 11.1 Å². The average molecular weight is 430 g/mol. The molecule has 2 aromatic rings. The van der Waals surface area contributed by atoms with Crippen molar-refractivity contribution in [2.24, 2.45) is 5.92 Å². The quantitative estimate of drug-likeness (QED) is 0.519. The van der Waals surface area contributed by atoms with Crippen LogP contribution in [0.1, 0.15) is 31.9 Å². The third-order valence-corrected chi connectivity index (χ3v) is 5.20. The van der Waals surface area contributed by atoms with Gasteiger partial charge >= 0.3 is 0 Å². The molecule has 158 valence electrons. The van der Waals surface area contributed by atoms with Gasteiger partial charge in [-0.2, -0.15) is 0 Å². The second-order valence-corrected chi connectivity index (χ2v) is 8.20. The van der Waals surface area contributed by atoms with Crippen LogP contribution in [-0.4, -0.2) is 29.3 Å². The number of carbonyl (C=O) groups excluding carboxylic acids is 2. The Morgan fingerprint density at radius 1 is 1.10 bits per heavy atom. The lowest BCUT2D eigenvalue weighted by molar-refractivity contribution is -0.123. The maximum absolute atomic E-state index is 13.9. The first kappa shape index (κ1) is 21.9. The summed E-state index contributed by atoms with van der Waals surface area (Å²) < 4.78 is 25.4. The first-order chi connectivity index (χ1) is 14.4. The smallest absolute Gasteiger partial charge is 0.293 e. The molecular weight excluding hydrogens is 405 g/mol. The molecule has 1 heterocycles. The summed E-state index contributed by atoms with van der Waals surface area (Å²) in [5.41, 5.74) is 1.01. The second kappa shape index (κ2) is 9.80. The van der Waals surface area contributed by atoms with Crippen LogP contribution in [0.25, 0.3) is 6.08 Å². The molecule has 2 aromatic carbocycles. The minimum absolute atomic E-state index is 0.0964. The van der Waals surface area contributed by atoms with Gasteiger partial charge in [0.05, 0.1) is 24.7 Å². The van der Waals surface area contributed by atoms with E-state index in [9.17, 15) is 14.0 Å². The van der Waals surface area contributed by atoms with E-state index in [0.29, 0.717) is 41.8 Å². The number of hydrogen-bond donors (Lipinski definition) is 0. The summed E-state index contributed by atoms with van der Waals surface area (Å²) in [6.07, 6.45) is 1.64. The van der Waals surface area contributed by atoms with E-state index >= 15 is 0 Å². The summed E-state index contributed by atoms with van der Waals surface area (Å²) in [6, 6.07) is 11.5. The van der Waals surface area contributed by atoms with Crippen molar-refractivity contribution in [1.82, 2.24) is 4.90 Å². The van der Waals surface area contributed by atoms with Gasteiger partial charge in [-0.25, -0.2) is 4.39 Å². The molecule has 3 rings (SSSR count). The van der Waals surface area contributed by atoms with Crippen LogP contribution in [0.5, 0.6) is 11.5 Å². The van der Waals surface area contributed by atoms with Gasteiger partial charge in [-0.05, 0) is 54.4 Å². The molecular formula is C23H24FNO4S. The van der Waals surface area contributed by atoms with Gasteiger partial charge in [0.1, 0.15) is 5.82 Å². The van der Waals surface area contributed by atoms with Gasteiger partial charge in [0.15, 0.2) is 11.5 Å². The van der Waals surface area contributed by atoms with E-state index < -0.39 is 17.0 Å². The number of benzene rings is 2. The predicted octanol–water partition coefficient (Wildman–Crippen LogP) is 5.50. The predicted molar refractivity (Wildman–Crippen MR) is 116 cm³/mol. The topological polar surface area (TPSA) is 55.8 Å². The molecule has 0 radical (unpaired) electrons. The zero-order valence-corrected chi connectivity index (χ0v) is 18.0. The fraction of sp³-hybridized carbons (Fsp3) is 0.304. The number of hydrogen-bond acceptors (Lipinski definition) is 5. The number of imide groups is 1. The van der Waals surface area contributed by atoms with Crippen molar-refractivity contribution < 1.29 is 23.5 Å². The molecule has 0 spiro atoms. The maximum atomic E-state index is 13.9. The molecule has 0 saturated carbocycles. The molecule has 7 heteroatoms. The Morgan fingerprint density at radius 3 is 2.57 bits per heavy atom. The lowest BCUT2D eigenvalue weighted by Gasteiger charge is -2.14. The lowest BCUT2D eigenvalue weighted by atomic mass is 10.1. The van der Waals surface area contributed by atoms with Gasteiger partial charge < -0.3 is 9.47 Å². The normalized spacial score (nSPS) is 15.4. The second-order valence-electron chi connectivity index (χ2n) is 7.20. The largest absolute Gasteiger partial charge is 0.490 e. The van der Waals surface area contributed by atoms with E-state index in [0.717, 1.165) is 16.7 Å². The highest BCUT2D eigenvalue weighted by molar-refractivity contribution is 8.18. The molecule has 0 atom stereocenters. The van der Waals surface area contributed by atoms with Crippen LogP contribution in [-0.2, 0) is 11.3 Å². The average Bonchev–Trinajstić information content (AvgIpc) is 2.96. The standard InChI is InChI=1S/C23H24FNO4S/c1-4-28-20-11-16(9-10-19(20)29-14-15(2)3)12-21-22(26)25(23(27)30-21)13-17-7-5-6-8-18(17)24/h5-12,15H,4,13-14H2,1-3H3/b21-12-. The highest BCUT2D eigenvalue weighted by Crippen LogP contribution is 2.35. The number of halogens is 1. The van der Waals surface area contributed by atoms with Crippen molar-refractivity contribution in [2.45, 2.75) is 27.3 Å². The van der Waals surface area contributed by atoms with Crippen molar-refractivity contribution >= 4 is 29.0 Å². The molecule has 1 aliphatic heterocycles. The van der Waals surface area contributed by atoms with Gasteiger partial charge in [0.2, 0.25) is 0 Å². The van der Waals surface area contributed by atoms with Crippen molar-refractivity contribution in [3.8, 4) is 11.5 Å². The Kier molecular flexibility index (Phi) is 7.15. The van der Waals surface area contributed by atoms with Crippen molar-refractivity contribution in [3.63, 3.8) is 0 Å². The minimum atomic E-state index is -0.445. The van der Waals surface area contributed by atoms with E-state index in [-0.39, 0.29) is 11.4 Å². The van der Waals surface area contributed by atoms with Gasteiger partial charge in [-0.15, -0.1) is 0 Å². The molecule has 2 amide bonds. The molecule has 1 aliphatic rings. The van der Waals surface area contributed by atoms with Crippen LogP contribution in [0.3, 0.4) is 0 Å². The Balaban J connectivity index is 1.80. The molecule has 1 fully saturated rings. The number of amides is 2. The highest BCUT2D eigenvalue weighted by Gasteiger charge is 2.35. The Bertz CT molecular complexity index is 973. The van der Waals surface area contributed by atoms with Crippen LogP contribution in [0.15, 0.2) is 47.4 Å². The molecule has 0 unspecified atom stereocenters. The Labute approximate surface area is 179 Å². The summed E-state index contributed by atoms with van der Waals surface area (Å²) in [4.78, 5) is 26.4. The molecule has 0 aliphatic carbocycles. The zero-order valence-electron chi connectivity index (χ0n) is 17.2. The highest BCUT2D eigenvalue weighted by atomic mass is 32.2. The van der Waals surface area contributed by atoms with E-state index in [2.05, 4.69) is 13.8 Å². The Morgan fingerprint density at radius 2 is 1.87 bits per heavy atom. The number of nitrogens with zero attached hydrogens (tertiary/aromatic N) is 1. The fourth-order valence-corrected chi connectivity index (χ4v) is 3.68. The van der Waals surface area contributed by atoms with Gasteiger partial charge in [0, 0.05) is 5.56 Å². The monoisotopic (exact) mass is 429 g/mol. The lowest BCUT2D eigenvalue weighted by Crippen LogP contribution is -2.27. The number of rotatable bonds is 8. The zero-order chi connectivity index (χ0) is 21.7. The van der Waals surface area contributed by atoms with E-state index in [4.69, 9.17) is 9.47 Å². The molecule has 30 heavy (non-hydrogen) atoms. The van der Waals surface area contributed by atoms with Crippen molar-refractivity contribution in [1.29, 1.82) is 0 Å². The molecule has 0 aromatic heterocycles. The molecule has 5 nitrogen and oxygen atoms in total. The van der Waals surface area contributed by atoms with Gasteiger partial charge in [-0.1, -0.05) is 38.1 Å². The van der Waals surface area contributed by atoms with E-state index in [1.165, 1.54) is 6.07 Å². The SMILES string of the molecule is CCOc1cc(/C=C2\SC(=O)N(Cc3ccccc3F)C2=O)ccc1OCC(C)C. The van der Waals surface area contributed by atoms with Crippen LogP contribution >= 0.6 is 11.8 Å². The van der Waals surface area contributed by atoms with Crippen LogP contribution < -0.4 is 9.47 Å². The summed E-state index contributed by atoms with van der Waals surface area (Å²) in [6.45, 7) is 6.95. The molecule has 0 bridgehead atoms. The summed E-state index contributed by atoms with van der Waals surface area (Å²) in [5.74, 6) is 0.707. The van der Waals surface area contributed by atoms with E-state index in [1.807, 2.05) is 13.0 Å². The van der Waals surface area contributed by atoms with Gasteiger partial charge in [-0.3, -0.25) is 14.5 Å². The number of ether oxygens (including phenoxy) is 2. The maximum Gasteiger partial charge on any atom is 0.293 e. The van der Waals surface area contributed by atoms with E-state index in [1.54, 1.807) is 36.4 Å². The molecule has 1 saturated heterocycles. The summed E-state index contributed by atoms with van der Waals surface area (Å²) >= 11 is 0.843. The number of thioether (sulfide) groups is 1. The first-order valence-corrected chi connectivity index (χ1v) is 10.6. The Hall–Kier alpha value is -2.80. The third-order valence-electron chi connectivity index (χ3n) is 4.30. The van der Waals surface area contributed by atoms with Crippen LogP contribution in [0.4, 0.5) is 9.18 Å². The molecule has 0 N–H and O–H groups in total.